The molecule has 0 fully saturated rings. The molecule has 0 saturated heterocycles. The van der Waals surface area contributed by atoms with Gasteiger partial charge in [-0.05, 0) is 72.3 Å². The van der Waals surface area contributed by atoms with Gasteiger partial charge in [0, 0.05) is 10.6 Å². The van der Waals surface area contributed by atoms with Crippen molar-refractivity contribution in [2.24, 2.45) is 4.99 Å². The molecular weight excluding hydrogens is 416 g/mol. The first-order chi connectivity index (χ1) is 15.0. The minimum Gasteiger partial charge on any atom is -0.508 e. The molecule has 4 rings (SSSR count). The third-order valence-electron chi connectivity index (χ3n) is 4.71. The minimum atomic E-state index is -0.433. The Labute approximate surface area is 183 Å². The van der Waals surface area contributed by atoms with Crippen molar-refractivity contribution >= 4 is 41.1 Å². The van der Waals surface area contributed by atoms with Gasteiger partial charge in [-0.1, -0.05) is 23.7 Å². The van der Waals surface area contributed by atoms with Gasteiger partial charge < -0.3 is 9.84 Å². The van der Waals surface area contributed by atoms with Crippen molar-refractivity contribution in [1.29, 1.82) is 0 Å². The highest BCUT2D eigenvalue weighted by Crippen LogP contribution is 2.29. The number of aromatic hydroxyl groups is 1. The van der Waals surface area contributed by atoms with E-state index in [-0.39, 0.29) is 17.4 Å². The van der Waals surface area contributed by atoms with Crippen LogP contribution in [0.15, 0.2) is 83.5 Å². The van der Waals surface area contributed by atoms with E-state index in [0.29, 0.717) is 27.7 Å². The van der Waals surface area contributed by atoms with Gasteiger partial charge in [-0.3, -0.25) is 9.69 Å². The molecule has 0 saturated carbocycles. The Hall–Kier alpha value is -3.90. The number of hydrogen-bond acceptors (Lipinski definition) is 5. The maximum atomic E-state index is 13.2. The van der Waals surface area contributed by atoms with Gasteiger partial charge >= 0.3 is 5.97 Å². The van der Waals surface area contributed by atoms with Crippen LogP contribution < -0.4 is 4.90 Å². The Morgan fingerprint density at radius 2 is 1.65 bits per heavy atom. The number of nitrogens with zero attached hydrogens (tertiary/aromatic N) is 2. The van der Waals surface area contributed by atoms with E-state index in [1.54, 1.807) is 66.7 Å². The van der Waals surface area contributed by atoms with E-state index < -0.39 is 5.97 Å². The molecule has 0 aromatic heterocycles. The molecule has 0 unspecified atom stereocenters. The summed E-state index contributed by atoms with van der Waals surface area (Å²) in [5.41, 5.74) is 2.65. The molecule has 1 heterocycles. The molecule has 154 valence electrons. The number of halogens is 1. The number of methoxy groups -OCH3 is 1. The van der Waals surface area contributed by atoms with E-state index in [0.717, 1.165) is 5.56 Å². The summed E-state index contributed by atoms with van der Waals surface area (Å²) in [5, 5.41) is 10.2. The Kier molecular flexibility index (Phi) is 5.56. The third kappa shape index (κ3) is 4.20. The molecule has 0 radical (unpaired) electrons. The molecule has 31 heavy (non-hydrogen) atoms. The lowest BCUT2D eigenvalue weighted by atomic mass is 10.1. The predicted octanol–water partition coefficient (Wildman–Crippen LogP) is 4.67. The zero-order chi connectivity index (χ0) is 22.0. The van der Waals surface area contributed by atoms with Crippen LogP contribution in [0, 0.1) is 0 Å². The van der Waals surface area contributed by atoms with Crippen LogP contribution in [0.4, 0.5) is 5.69 Å². The molecule has 0 aliphatic carbocycles. The Bertz CT molecular complexity index is 1200. The summed E-state index contributed by atoms with van der Waals surface area (Å²) >= 11 is 6.01. The second kappa shape index (κ2) is 8.45. The van der Waals surface area contributed by atoms with Crippen LogP contribution >= 0.6 is 11.6 Å². The van der Waals surface area contributed by atoms with Crippen molar-refractivity contribution < 1.29 is 19.4 Å². The van der Waals surface area contributed by atoms with Gasteiger partial charge in [-0.2, -0.15) is 0 Å². The highest BCUT2D eigenvalue weighted by Gasteiger charge is 2.32. The van der Waals surface area contributed by atoms with Crippen LogP contribution in [-0.4, -0.2) is 29.9 Å². The highest BCUT2D eigenvalue weighted by molar-refractivity contribution is 6.34. The lowest BCUT2D eigenvalue weighted by molar-refractivity contribution is -0.113. The first-order valence-electron chi connectivity index (χ1n) is 9.34. The van der Waals surface area contributed by atoms with Gasteiger partial charge in [-0.15, -0.1) is 0 Å². The SMILES string of the molecule is COC(=O)c1ccc(C=C2N=C(c3ccc(Cl)cc3)N(c3ccc(O)cc3)C2=O)cc1. The topological polar surface area (TPSA) is 79.2 Å². The minimum absolute atomic E-state index is 0.0989. The Morgan fingerprint density at radius 1 is 1.00 bits per heavy atom. The van der Waals surface area contributed by atoms with E-state index in [4.69, 9.17) is 16.3 Å². The Morgan fingerprint density at radius 3 is 2.26 bits per heavy atom. The smallest absolute Gasteiger partial charge is 0.337 e. The van der Waals surface area contributed by atoms with Crippen molar-refractivity contribution in [2.75, 3.05) is 12.0 Å². The third-order valence-corrected chi connectivity index (χ3v) is 4.96. The maximum absolute atomic E-state index is 13.2. The van der Waals surface area contributed by atoms with Crippen LogP contribution in [-0.2, 0) is 9.53 Å². The number of rotatable bonds is 4. The average molecular weight is 433 g/mol. The van der Waals surface area contributed by atoms with Crippen LogP contribution in [0.5, 0.6) is 5.75 Å². The van der Waals surface area contributed by atoms with Crippen LogP contribution in [0.25, 0.3) is 6.08 Å². The van der Waals surface area contributed by atoms with Crippen molar-refractivity contribution in [3.63, 3.8) is 0 Å². The first kappa shape index (κ1) is 20.4. The molecular formula is C24H17ClN2O4. The molecule has 3 aromatic rings. The molecule has 3 aromatic carbocycles. The van der Waals surface area contributed by atoms with Gasteiger partial charge in [0.25, 0.3) is 5.91 Å². The molecule has 7 heteroatoms. The number of esters is 1. The van der Waals surface area contributed by atoms with Crippen LogP contribution in [0.1, 0.15) is 21.5 Å². The zero-order valence-corrected chi connectivity index (χ0v) is 17.2. The van der Waals surface area contributed by atoms with Crippen molar-refractivity contribution in [2.45, 2.75) is 0 Å². The number of carbonyl (C=O) groups is 2. The summed E-state index contributed by atoms with van der Waals surface area (Å²) in [7, 11) is 1.32. The van der Waals surface area contributed by atoms with Crippen molar-refractivity contribution in [3.05, 3.63) is 100 Å². The highest BCUT2D eigenvalue weighted by atomic mass is 35.5. The number of anilines is 1. The summed E-state index contributed by atoms with van der Waals surface area (Å²) in [6.45, 7) is 0. The number of phenols is 1. The van der Waals surface area contributed by atoms with Crippen molar-refractivity contribution in [3.8, 4) is 5.75 Å². The van der Waals surface area contributed by atoms with Gasteiger partial charge in [0.2, 0.25) is 0 Å². The summed E-state index contributed by atoms with van der Waals surface area (Å²) in [4.78, 5) is 30.9. The number of benzene rings is 3. The maximum Gasteiger partial charge on any atom is 0.337 e. The standard InChI is InChI=1S/C24H17ClN2O4/c1-31-24(30)17-4-2-15(3-5-17)14-21-23(29)27(19-10-12-20(28)13-11-19)22(26-21)16-6-8-18(25)9-7-16/h2-14,28H,1H3. The van der Waals surface area contributed by atoms with Crippen molar-refractivity contribution in [1.82, 2.24) is 0 Å². The zero-order valence-electron chi connectivity index (χ0n) is 16.4. The molecule has 1 amide bonds. The lowest BCUT2D eigenvalue weighted by Crippen LogP contribution is -2.32. The summed E-state index contributed by atoms with van der Waals surface area (Å²) in [5.74, 6) is -0.197. The quantitative estimate of drug-likeness (QED) is 0.480. The van der Waals surface area contributed by atoms with Crippen LogP contribution in [0.2, 0.25) is 5.02 Å². The summed E-state index contributed by atoms with van der Waals surface area (Å²) in [6, 6.07) is 20.0. The number of amides is 1. The molecule has 1 N–H and O–H groups in total. The van der Waals surface area contributed by atoms with Gasteiger partial charge in [0.1, 0.15) is 17.3 Å². The largest absolute Gasteiger partial charge is 0.508 e. The predicted molar refractivity (Wildman–Crippen MR) is 119 cm³/mol. The molecule has 0 spiro atoms. The molecule has 6 nitrogen and oxygen atoms in total. The lowest BCUT2D eigenvalue weighted by Gasteiger charge is -2.18. The van der Waals surface area contributed by atoms with Gasteiger partial charge in [0.15, 0.2) is 0 Å². The Balaban J connectivity index is 1.75. The van der Waals surface area contributed by atoms with E-state index in [9.17, 15) is 14.7 Å². The second-order valence-electron chi connectivity index (χ2n) is 6.74. The molecule has 0 atom stereocenters. The molecule has 1 aliphatic rings. The number of phenolic OH excluding ortho intramolecular Hbond substituents is 1. The second-order valence-corrected chi connectivity index (χ2v) is 7.18. The monoisotopic (exact) mass is 432 g/mol. The van der Waals surface area contributed by atoms with E-state index >= 15 is 0 Å². The fourth-order valence-corrected chi connectivity index (χ4v) is 3.27. The van der Waals surface area contributed by atoms with Gasteiger partial charge in [-0.25, -0.2) is 9.79 Å². The number of aliphatic imine (C=N–C) groups is 1. The molecule has 0 bridgehead atoms. The summed E-state index contributed by atoms with van der Waals surface area (Å²) in [6.07, 6.45) is 1.65. The number of amidine groups is 1. The van der Waals surface area contributed by atoms with E-state index in [1.165, 1.54) is 24.1 Å². The fourth-order valence-electron chi connectivity index (χ4n) is 3.14. The normalized spacial score (nSPS) is 14.6. The average Bonchev–Trinajstić information content (AvgIpc) is 3.10. The van der Waals surface area contributed by atoms with Gasteiger partial charge in [0.05, 0.1) is 18.4 Å². The van der Waals surface area contributed by atoms with E-state index in [1.807, 2.05) is 0 Å². The number of ether oxygens (including phenoxy) is 1. The number of hydrogen-bond donors (Lipinski definition) is 1. The summed E-state index contributed by atoms with van der Waals surface area (Å²) < 4.78 is 4.71. The fraction of sp³-hybridized carbons (Fsp3) is 0.0417. The number of carbonyl (C=O) groups excluding carboxylic acids is 2. The first-order valence-corrected chi connectivity index (χ1v) is 9.72. The van der Waals surface area contributed by atoms with Crippen LogP contribution in [0.3, 0.4) is 0 Å². The van der Waals surface area contributed by atoms with E-state index in [2.05, 4.69) is 4.99 Å². The molecule has 1 aliphatic heterocycles.